The summed E-state index contributed by atoms with van der Waals surface area (Å²) in [6.45, 7) is -0.497. The number of hydrazone groups is 1. The van der Waals surface area contributed by atoms with Gasteiger partial charge in [-0.05, 0) is 12.1 Å². The Labute approximate surface area is 143 Å². The lowest BCUT2D eigenvalue weighted by Gasteiger charge is -2.05. The Hall–Kier alpha value is -3.11. The molecule has 2 rings (SSSR count). The van der Waals surface area contributed by atoms with Crippen molar-refractivity contribution in [1.82, 2.24) is 10.1 Å². The SMILES string of the molecule is O=C(CNS(=O)(=O)c1ccccc1)N/N=C/c1cccc([N+](=O)[O-])c1. The zero-order valence-electron chi connectivity index (χ0n) is 12.8. The van der Waals surface area contributed by atoms with Gasteiger partial charge in [0, 0.05) is 17.7 Å². The van der Waals surface area contributed by atoms with Crippen molar-refractivity contribution < 1.29 is 18.1 Å². The van der Waals surface area contributed by atoms with Crippen LogP contribution in [0.2, 0.25) is 0 Å². The molecule has 10 heteroatoms. The maximum atomic E-state index is 11.9. The Kier molecular flexibility index (Phi) is 5.93. The van der Waals surface area contributed by atoms with Crippen molar-refractivity contribution in [2.24, 2.45) is 5.10 Å². The smallest absolute Gasteiger partial charge is 0.270 e. The fraction of sp³-hybridized carbons (Fsp3) is 0.0667. The Bertz CT molecular complexity index is 897. The van der Waals surface area contributed by atoms with E-state index in [2.05, 4.69) is 15.2 Å². The molecule has 0 heterocycles. The Morgan fingerprint density at radius 3 is 2.56 bits per heavy atom. The molecule has 0 radical (unpaired) electrons. The molecular formula is C15H14N4O5S. The van der Waals surface area contributed by atoms with E-state index in [1.54, 1.807) is 24.3 Å². The van der Waals surface area contributed by atoms with Crippen molar-refractivity contribution in [3.05, 3.63) is 70.3 Å². The number of carbonyl (C=O) groups excluding carboxylic acids is 1. The van der Waals surface area contributed by atoms with Gasteiger partial charge in [0.05, 0.1) is 22.6 Å². The first kappa shape index (κ1) is 18.2. The molecule has 0 aliphatic carbocycles. The van der Waals surface area contributed by atoms with Gasteiger partial charge in [0.2, 0.25) is 10.0 Å². The lowest BCUT2D eigenvalue weighted by atomic mass is 10.2. The number of nitrogens with one attached hydrogen (secondary N) is 2. The van der Waals surface area contributed by atoms with Crippen molar-refractivity contribution in [1.29, 1.82) is 0 Å². The number of nitrogens with zero attached hydrogens (tertiary/aromatic N) is 2. The summed E-state index contributed by atoms with van der Waals surface area (Å²) in [7, 11) is -3.79. The van der Waals surface area contributed by atoms with Gasteiger partial charge >= 0.3 is 0 Å². The second kappa shape index (κ2) is 8.13. The average molecular weight is 362 g/mol. The van der Waals surface area contributed by atoms with Crippen molar-refractivity contribution >= 4 is 27.8 Å². The molecule has 2 N–H and O–H groups in total. The molecule has 130 valence electrons. The molecule has 0 aliphatic rings. The number of rotatable bonds is 7. The normalized spacial score (nSPS) is 11.4. The Morgan fingerprint density at radius 1 is 1.16 bits per heavy atom. The molecule has 0 saturated heterocycles. The summed E-state index contributed by atoms with van der Waals surface area (Å²) in [5, 5.41) is 14.3. The molecule has 2 aromatic rings. The van der Waals surface area contributed by atoms with E-state index in [9.17, 15) is 23.3 Å². The summed E-state index contributed by atoms with van der Waals surface area (Å²) in [5.74, 6) is -0.679. The summed E-state index contributed by atoms with van der Waals surface area (Å²) < 4.78 is 26.0. The van der Waals surface area contributed by atoms with E-state index < -0.39 is 27.4 Å². The van der Waals surface area contributed by atoms with Crippen LogP contribution in [-0.2, 0) is 14.8 Å². The average Bonchev–Trinajstić information content (AvgIpc) is 2.61. The van der Waals surface area contributed by atoms with Crippen LogP contribution in [0.15, 0.2) is 64.6 Å². The highest BCUT2D eigenvalue weighted by atomic mass is 32.2. The predicted molar refractivity (Wildman–Crippen MR) is 90.5 cm³/mol. The fourth-order valence-corrected chi connectivity index (χ4v) is 2.78. The summed E-state index contributed by atoms with van der Waals surface area (Å²) in [4.78, 5) is 21.8. The molecule has 25 heavy (non-hydrogen) atoms. The van der Waals surface area contributed by atoms with Crippen molar-refractivity contribution in [3.8, 4) is 0 Å². The quantitative estimate of drug-likeness (QED) is 0.431. The number of carbonyl (C=O) groups is 1. The van der Waals surface area contributed by atoms with Crippen LogP contribution in [0.25, 0.3) is 0 Å². The number of non-ortho nitro benzene ring substituents is 1. The monoisotopic (exact) mass is 362 g/mol. The molecule has 0 spiro atoms. The first-order chi connectivity index (χ1) is 11.9. The number of hydrogen-bond acceptors (Lipinski definition) is 6. The second-order valence-corrected chi connectivity index (χ2v) is 6.55. The summed E-state index contributed by atoms with van der Waals surface area (Å²) in [6.07, 6.45) is 1.22. The zero-order valence-corrected chi connectivity index (χ0v) is 13.6. The van der Waals surface area contributed by atoms with Gasteiger partial charge in [-0.25, -0.2) is 18.6 Å². The van der Waals surface area contributed by atoms with E-state index in [4.69, 9.17) is 0 Å². The summed E-state index contributed by atoms with van der Waals surface area (Å²) in [5.41, 5.74) is 2.45. The molecule has 0 aromatic heterocycles. The van der Waals surface area contributed by atoms with Crippen LogP contribution in [0.5, 0.6) is 0 Å². The molecule has 2 aromatic carbocycles. The Morgan fingerprint density at radius 2 is 1.88 bits per heavy atom. The van der Waals surface area contributed by atoms with Crippen LogP contribution < -0.4 is 10.1 Å². The summed E-state index contributed by atoms with van der Waals surface area (Å²) >= 11 is 0. The van der Waals surface area contributed by atoms with Crippen LogP contribution in [-0.4, -0.2) is 32.0 Å². The third kappa shape index (κ3) is 5.48. The van der Waals surface area contributed by atoms with Crippen molar-refractivity contribution in [3.63, 3.8) is 0 Å². The van der Waals surface area contributed by atoms with E-state index in [0.29, 0.717) is 5.56 Å². The molecule has 0 fully saturated rings. The van der Waals surface area contributed by atoms with E-state index in [1.165, 1.54) is 36.5 Å². The van der Waals surface area contributed by atoms with Crippen molar-refractivity contribution in [2.45, 2.75) is 4.90 Å². The number of benzene rings is 2. The lowest BCUT2D eigenvalue weighted by molar-refractivity contribution is -0.384. The molecular weight excluding hydrogens is 348 g/mol. The van der Waals surface area contributed by atoms with E-state index in [-0.39, 0.29) is 10.6 Å². The zero-order chi connectivity index (χ0) is 18.3. The van der Waals surface area contributed by atoms with E-state index in [0.717, 1.165) is 0 Å². The third-order valence-corrected chi connectivity index (χ3v) is 4.38. The largest absolute Gasteiger partial charge is 0.272 e. The van der Waals surface area contributed by atoms with Crippen LogP contribution in [0.4, 0.5) is 5.69 Å². The van der Waals surface area contributed by atoms with Gasteiger partial charge in [-0.2, -0.15) is 5.10 Å². The van der Waals surface area contributed by atoms with Gasteiger partial charge in [0.1, 0.15) is 0 Å². The maximum Gasteiger partial charge on any atom is 0.270 e. The molecule has 0 aliphatic heterocycles. The predicted octanol–water partition coefficient (Wildman–Crippen LogP) is 1.02. The number of hydrogen-bond donors (Lipinski definition) is 2. The fourth-order valence-electron chi connectivity index (χ4n) is 1.78. The van der Waals surface area contributed by atoms with Gasteiger partial charge in [-0.3, -0.25) is 14.9 Å². The first-order valence-corrected chi connectivity index (χ1v) is 8.48. The summed E-state index contributed by atoms with van der Waals surface area (Å²) in [6, 6.07) is 13.3. The molecule has 0 atom stereocenters. The highest BCUT2D eigenvalue weighted by Gasteiger charge is 2.14. The third-order valence-electron chi connectivity index (χ3n) is 2.96. The minimum absolute atomic E-state index is 0.0443. The highest BCUT2D eigenvalue weighted by molar-refractivity contribution is 7.89. The molecule has 0 unspecified atom stereocenters. The molecule has 0 saturated carbocycles. The van der Waals surface area contributed by atoms with E-state index in [1.807, 2.05) is 0 Å². The van der Waals surface area contributed by atoms with E-state index >= 15 is 0 Å². The van der Waals surface area contributed by atoms with Crippen molar-refractivity contribution in [2.75, 3.05) is 6.54 Å². The molecule has 1 amide bonds. The minimum Gasteiger partial charge on any atom is -0.272 e. The standard InChI is InChI=1S/C15H14N4O5S/c20-15(11-17-25(23,24)14-7-2-1-3-8-14)18-16-10-12-5-4-6-13(9-12)19(21)22/h1-10,17H,11H2,(H,18,20)/b16-10+. The van der Waals surface area contributed by atoms with Crippen LogP contribution in [0.1, 0.15) is 5.56 Å². The lowest BCUT2D eigenvalue weighted by Crippen LogP contribution is -2.34. The maximum absolute atomic E-state index is 11.9. The number of nitro benzene ring substituents is 1. The van der Waals surface area contributed by atoms with Crippen LogP contribution in [0.3, 0.4) is 0 Å². The van der Waals surface area contributed by atoms with Crippen LogP contribution >= 0.6 is 0 Å². The van der Waals surface area contributed by atoms with Crippen LogP contribution in [0, 0.1) is 10.1 Å². The number of nitro groups is 1. The number of sulfonamides is 1. The first-order valence-electron chi connectivity index (χ1n) is 6.99. The minimum atomic E-state index is -3.79. The van der Waals surface area contributed by atoms with Gasteiger partial charge in [-0.1, -0.05) is 30.3 Å². The van der Waals surface area contributed by atoms with Gasteiger partial charge < -0.3 is 0 Å². The highest BCUT2D eigenvalue weighted by Crippen LogP contribution is 2.11. The number of amides is 1. The second-order valence-electron chi connectivity index (χ2n) is 4.78. The topological polar surface area (TPSA) is 131 Å². The van der Waals surface area contributed by atoms with Gasteiger partial charge in [0.15, 0.2) is 0 Å². The van der Waals surface area contributed by atoms with Gasteiger partial charge in [-0.15, -0.1) is 0 Å². The Balaban J connectivity index is 1.89. The molecule has 9 nitrogen and oxygen atoms in total. The van der Waals surface area contributed by atoms with Gasteiger partial charge in [0.25, 0.3) is 11.6 Å². The molecule has 0 bridgehead atoms.